The van der Waals surface area contributed by atoms with E-state index in [9.17, 15) is 9.59 Å². The molecular formula is C18H26N2O3. The Kier molecular flexibility index (Phi) is 6.44. The number of amides is 2. The maximum Gasteiger partial charge on any atom is 0.239 e. The van der Waals surface area contributed by atoms with Crippen LogP contribution in [-0.2, 0) is 16.1 Å². The van der Waals surface area contributed by atoms with E-state index >= 15 is 0 Å². The van der Waals surface area contributed by atoms with Crippen LogP contribution in [0.4, 0.5) is 0 Å². The van der Waals surface area contributed by atoms with Crippen LogP contribution in [-0.4, -0.2) is 36.4 Å². The Balaban J connectivity index is 1.90. The van der Waals surface area contributed by atoms with Gasteiger partial charge in [0.1, 0.15) is 5.75 Å². The molecule has 1 fully saturated rings. The zero-order valence-corrected chi connectivity index (χ0v) is 14.0. The molecule has 2 amide bonds. The Bertz CT molecular complexity index is 539. The third kappa shape index (κ3) is 4.98. The summed E-state index contributed by atoms with van der Waals surface area (Å²) in [6, 6.07) is 7.80. The molecule has 0 unspecified atom stereocenters. The lowest BCUT2D eigenvalue weighted by molar-refractivity contribution is -0.137. The first-order chi connectivity index (χ1) is 11.1. The van der Waals surface area contributed by atoms with Gasteiger partial charge in [-0.1, -0.05) is 37.5 Å². The molecule has 0 spiro atoms. The minimum atomic E-state index is -0.128. The monoisotopic (exact) mass is 318 g/mol. The molecule has 0 aliphatic heterocycles. The number of para-hydroxylation sites is 1. The minimum Gasteiger partial charge on any atom is -0.496 e. The minimum absolute atomic E-state index is 0.0238. The van der Waals surface area contributed by atoms with Gasteiger partial charge in [0.05, 0.1) is 13.7 Å². The molecule has 2 rings (SSSR count). The molecule has 0 atom stereocenters. The van der Waals surface area contributed by atoms with Gasteiger partial charge in [-0.3, -0.25) is 9.59 Å². The molecule has 0 heterocycles. The van der Waals surface area contributed by atoms with E-state index < -0.39 is 0 Å². The number of methoxy groups -OCH3 is 1. The molecule has 5 nitrogen and oxygen atoms in total. The van der Waals surface area contributed by atoms with Gasteiger partial charge in [-0.15, -0.1) is 0 Å². The standard InChI is InChI=1S/C18H26N2O3/c1-14(21)20(16-9-4-3-5-10-16)13-18(22)19-12-15-8-6-7-11-17(15)23-2/h6-8,11,16H,3-5,9-10,12-13H2,1-2H3,(H,19,22). The van der Waals surface area contributed by atoms with Crippen LogP contribution in [0, 0.1) is 0 Å². The van der Waals surface area contributed by atoms with Crippen LogP contribution in [0.2, 0.25) is 0 Å². The fraction of sp³-hybridized carbons (Fsp3) is 0.556. The van der Waals surface area contributed by atoms with E-state index in [0.29, 0.717) is 6.54 Å². The van der Waals surface area contributed by atoms with Crippen molar-refractivity contribution in [2.75, 3.05) is 13.7 Å². The van der Waals surface area contributed by atoms with Crippen molar-refractivity contribution in [3.05, 3.63) is 29.8 Å². The van der Waals surface area contributed by atoms with Gasteiger partial charge >= 0.3 is 0 Å². The van der Waals surface area contributed by atoms with Crippen LogP contribution >= 0.6 is 0 Å². The summed E-state index contributed by atoms with van der Waals surface area (Å²) < 4.78 is 5.28. The maximum absolute atomic E-state index is 12.2. The van der Waals surface area contributed by atoms with Crippen molar-refractivity contribution >= 4 is 11.8 Å². The number of carbonyl (C=O) groups excluding carboxylic acids is 2. The summed E-state index contributed by atoms with van der Waals surface area (Å²) in [7, 11) is 1.61. The molecule has 1 N–H and O–H groups in total. The first-order valence-electron chi connectivity index (χ1n) is 8.27. The lowest BCUT2D eigenvalue weighted by atomic mass is 9.94. The second-order valence-corrected chi connectivity index (χ2v) is 6.03. The molecule has 5 heteroatoms. The molecule has 23 heavy (non-hydrogen) atoms. The van der Waals surface area contributed by atoms with Gasteiger partial charge in [0.15, 0.2) is 0 Å². The Morgan fingerprint density at radius 2 is 1.91 bits per heavy atom. The maximum atomic E-state index is 12.2. The number of ether oxygens (including phenoxy) is 1. The summed E-state index contributed by atoms with van der Waals surface area (Å²) in [6.45, 7) is 2.08. The smallest absolute Gasteiger partial charge is 0.239 e. The number of hydrogen-bond donors (Lipinski definition) is 1. The van der Waals surface area contributed by atoms with Crippen molar-refractivity contribution in [1.82, 2.24) is 10.2 Å². The second-order valence-electron chi connectivity index (χ2n) is 6.03. The zero-order chi connectivity index (χ0) is 16.7. The Labute approximate surface area is 138 Å². The number of benzene rings is 1. The highest BCUT2D eigenvalue weighted by Gasteiger charge is 2.24. The third-order valence-corrected chi connectivity index (χ3v) is 4.40. The fourth-order valence-corrected chi connectivity index (χ4v) is 3.14. The predicted molar refractivity (Wildman–Crippen MR) is 89.1 cm³/mol. The number of carbonyl (C=O) groups is 2. The summed E-state index contributed by atoms with van der Waals surface area (Å²) in [5, 5.41) is 2.89. The highest BCUT2D eigenvalue weighted by Crippen LogP contribution is 2.22. The van der Waals surface area contributed by atoms with Gasteiger partial charge in [0.2, 0.25) is 11.8 Å². The molecule has 0 bridgehead atoms. The Morgan fingerprint density at radius 3 is 2.57 bits per heavy atom. The van der Waals surface area contributed by atoms with Gasteiger partial charge < -0.3 is 15.0 Å². The van der Waals surface area contributed by atoms with E-state index in [1.54, 1.807) is 18.9 Å². The van der Waals surface area contributed by atoms with Gasteiger partial charge in [-0.05, 0) is 18.9 Å². The number of hydrogen-bond acceptors (Lipinski definition) is 3. The average Bonchev–Trinajstić information content (AvgIpc) is 2.58. The van der Waals surface area contributed by atoms with Crippen LogP contribution in [0.15, 0.2) is 24.3 Å². The van der Waals surface area contributed by atoms with Gasteiger partial charge in [-0.2, -0.15) is 0 Å². The molecule has 126 valence electrons. The molecule has 1 aromatic carbocycles. The van der Waals surface area contributed by atoms with Crippen molar-refractivity contribution in [2.45, 2.75) is 51.6 Å². The topological polar surface area (TPSA) is 58.6 Å². The van der Waals surface area contributed by atoms with E-state index in [4.69, 9.17) is 4.74 Å². The SMILES string of the molecule is COc1ccccc1CNC(=O)CN(C(C)=O)C1CCCCC1. The third-order valence-electron chi connectivity index (χ3n) is 4.40. The number of rotatable bonds is 6. The lowest BCUT2D eigenvalue weighted by Gasteiger charge is -2.33. The lowest BCUT2D eigenvalue weighted by Crippen LogP contribution is -2.46. The molecule has 1 aliphatic carbocycles. The van der Waals surface area contributed by atoms with E-state index in [1.807, 2.05) is 24.3 Å². The van der Waals surface area contributed by atoms with E-state index in [1.165, 1.54) is 6.42 Å². The van der Waals surface area contributed by atoms with E-state index in [-0.39, 0.29) is 24.4 Å². The Morgan fingerprint density at radius 1 is 1.22 bits per heavy atom. The van der Waals surface area contributed by atoms with Crippen molar-refractivity contribution < 1.29 is 14.3 Å². The van der Waals surface area contributed by atoms with E-state index in [2.05, 4.69) is 5.32 Å². The molecule has 0 saturated heterocycles. The zero-order valence-electron chi connectivity index (χ0n) is 14.0. The Hall–Kier alpha value is -2.04. The molecule has 0 aromatic heterocycles. The van der Waals surface area contributed by atoms with Crippen molar-refractivity contribution in [3.63, 3.8) is 0 Å². The van der Waals surface area contributed by atoms with Crippen molar-refractivity contribution in [1.29, 1.82) is 0 Å². The number of nitrogens with one attached hydrogen (secondary N) is 1. The highest BCUT2D eigenvalue weighted by molar-refractivity contribution is 5.84. The molecule has 1 saturated carbocycles. The van der Waals surface area contributed by atoms with Crippen LogP contribution in [0.25, 0.3) is 0 Å². The molecule has 1 aliphatic rings. The van der Waals surface area contributed by atoms with Crippen LogP contribution in [0.1, 0.15) is 44.6 Å². The summed E-state index contributed by atoms with van der Waals surface area (Å²) in [4.78, 5) is 25.8. The first kappa shape index (κ1) is 17.3. The molecule has 0 radical (unpaired) electrons. The first-order valence-corrected chi connectivity index (χ1v) is 8.27. The van der Waals surface area contributed by atoms with E-state index in [0.717, 1.165) is 37.0 Å². The number of nitrogens with zero attached hydrogens (tertiary/aromatic N) is 1. The largest absolute Gasteiger partial charge is 0.496 e. The summed E-state index contributed by atoms with van der Waals surface area (Å²) in [6.07, 6.45) is 5.50. The summed E-state index contributed by atoms with van der Waals surface area (Å²) in [5.41, 5.74) is 0.926. The quantitative estimate of drug-likeness (QED) is 0.876. The normalized spacial score (nSPS) is 15.0. The molecule has 1 aromatic rings. The van der Waals surface area contributed by atoms with Crippen molar-refractivity contribution in [2.24, 2.45) is 0 Å². The molecular weight excluding hydrogens is 292 g/mol. The predicted octanol–water partition coefficient (Wildman–Crippen LogP) is 2.49. The van der Waals surface area contributed by atoms with Crippen LogP contribution in [0.5, 0.6) is 5.75 Å². The van der Waals surface area contributed by atoms with Gasteiger partial charge in [-0.25, -0.2) is 0 Å². The highest BCUT2D eigenvalue weighted by atomic mass is 16.5. The van der Waals surface area contributed by atoms with Crippen molar-refractivity contribution in [3.8, 4) is 5.75 Å². The summed E-state index contributed by atoms with van der Waals surface area (Å²) >= 11 is 0. The van der Waals surface area contributed by atoms with Gasteiger partial charge in [0.25, 0.3) is 0 Å². The fourth-order valence-electron chi connectivity index (χ4n) is 3.14. The van der Waals surface area contributed by atoms with Crippen LogP contribution in [0.3, 0.4) is 0 Å². The second kappa shape index (κ2) is 8.56. The average molecular weight is 318 g/mol. The van der Waals surface area contributed by atoms with Crippen LogP contribution < -0.4 is 10.1 Å². The summed E-state index contributed by atoms with van der Waals surface area (Å²) in [5.74, 6) is 0.601. The van der Waals surface area contributed by atoms with Gasteiger partial charge in [0, 0.05) is 25.1 Å².